The highest BCUT2D eigenvalue weighted by atomic mass is 16.5. The summed E-state index contributed by atoms with van der Waals surface area (Å²) < 4.78 is 5.18. The largest absolute Gasteiger partial charge is 0.394 e. The molecule has 84 valence electrons. The minimum absolute atomic E-state index is 0.121. The third-order valence-corrected chi connectivity index (χ3v) is 2.88. The van der Waals surface area contributed by atoms with Crippen molar-refractivity contribution in [3.8, 4) is 0 Å². The maximum atomic E-state index is 8.50. The maximum Gasteiger partial charge on any atom is 0.0698 e. The summed E-state index contributed by atoms with van der Waals surface area (Å²) >= 11 is 0. The first kappa shape index (κ1) is 12.0. The van der Waals surface area contributed by atoms with Crippen LogP contribution < -0.4 is 5.32 Å². The first-order valence-corrected chi connectivity index (χ1v) is 5.56. The molecule has 0 aromatic heterocycles. The van der Waals surface area contributed by atoms with Gasteiger partial charge in [-0.2, -0.15) is 0 Å². The highest BCUT2D eigenvalue weighted by Crippen LogP contribution is 2.36. The zero-order chi connectivity index (χ0) is 10.4. The van der Waals surface area contributed by atoms with E-state index in [0.29, 0.717) is 24.7 Å². The second-order valence-corrected chi connectivity index (χ2v) is 4.89. The predicted molar refractivity (Wildman–Crippen MR) is 57.3 cm³/mol. The Bertz CT molecular complexity index is 159. The van der Waals surface area contributed by atoms with Gasteiger partial charge in [0.15, 0.2) is 0 Å². The van der Waals surface area contributed by atoms with E-state index in [-0.39, 0.29) is 6.61 Å². The van der Waals surface area contributed by atoms with Crippen LogP contribution in [0.2, 0.25) is 0 Å². The molecule has 1 aliphatic carbocycles. The lowest BCUT2D eigenvalue weighted by molar-refractivity contribution is 0.0925. The van der Waals surface area contributed by atoms with Crippen LogP contribution in [0, 0.1) is 5.41 Å². The molecule has 1 aliphatic rings. The second-order valence-electron chi connectivity index (χ2n) is 4.89. The quantitative estimate of drug-likeness (QED) is 0.634. The van der Waals surface area contributed by atoms with Crippen LogP contribution in [-0.4, -0.2) is 37.5 Å². The first-order valence-electron chi connectivity index (χ1n) is 5.56. The molecule has 1 unspecified atom stereocenters. The molecule has 0 saturated heterocycles. The van der Waals surface area contributed by atoms with Crippen molar-refractivity contribution in [1.29, 1.82) is 0 Å². The Kier molecular flexibility index (Phi) is 4.85. The SMILES string of the molecule is CC1(C)CCC(NCCOCCO)C1. The lowest BCUT2D eigenvalue weighted by Gasteiger charge is -2.17. The molecule has 2 N–H and O–H groups in total. The van der Waals surface area contributed by atoms with Crippen LogP contribution in [0.5, 0.6) is 0 Å². The first-order chi connectivity index (χ1) is 6.64. The van der Waals surface area contributed by atoms with Gasteiger partial charge in [0.1, 0.15) is 0 Å². The fourth-order valence-corrected chi connectivity index (χ4v) is 2.11. The standard InChI is InChI=1S/C11H23NO2/c1-11(2)4-3-10(9-11)12-5-7-14-8-6-13/h10,12-13H,3-9H2,1-2H3. The minimum atomic E-state index is 0.121. The van der Waals surface area contributed by atoms with Crippen molar-refractivity contribution in [1.82, 2.24) is 5.32 Å². The van der Waals surface area contributed by atoms with E-state index in [9.17, 15) is 0 Å². The number of hydrogen-bond acceptors (Lipinski definition) is 3. The third-order valence-electron chi connectivity index (χ3n) is 2.88. The molecule has 0 bridgehead atoms. The number of nitrogens with one attached hydrogen (secondary N) is 1. The van der Waals surface area contributed by atoms with E-state index < -0.39 is 0 Å². The Morgan fingerprint density at radius 3 is 2.79 bits per heavy atom. The van der Waals surface area contributed by atoms with Crippen LogP contribution in [0.15, 0.2) is 0 Å². The van der Waals surface area contributed by atoms with Crippen molar-refractivity contribution in [2.75, 3.05) is 26.4 Å². The van der Waals surface area contributed by atoms with Crippen molar-refractivity contribution in [3.05, 3.63) is 0 Å². The van der Waals surface area contributed by atoms with Crippen LogP contribution in [0.1, 0.15) is 33.1 Å². The van der Waals surface area contributed by atoms with Crippen LogP contribution in [0.25, 0.3) is 0 Å². The highest BCUT2D eigenvalue weighted by molar-refractivity contribution is 4.86. The molecule has 1 atom stereocenters. The van der Waals surface area contributed by atoms with E-state index in [4.69, 9.17) is 9.84 Å². The Balaban J connectivity index is 1.98. The number of aliphatic hydroxyl groups excluding tert-OH is 1. The van der Waals surface area contributed by atoms with Crippen LogP contribution >= 0.6 is 0 Å². The van der Waals surface area contributed by atoms with Gasteiger partial charge in [0.25, 0.3) is 0 Å². The Morgan fingerprint density at radius 1 is 1.43 bits per heavy atom. The maximum absolute atomic E-state index is 8.50. The van der Waals surface area contributed by atoms with Gasteiger partial charge in [0.2, 0.25) is 0 Å². The lowest BCUT2D eigenvalue weighted by Crippen LogP contribution is -2.30. The van der Waals surface area contributed by atoms with Gasteiger partial charge in [-0.25, -0.2) is 0 Å². The van der Waals surface area contributed by atoms with E-state index >= 15 is 0 Å². The number of hydrogen-bond donors (Lipinski definition) is 2. The van der Waals surface area contributed by atoms with Crippen molar-refractivity contribution in [2.24, 2.45) is 5.41 Å². The van der Waals surface area contributed by atoms with Crippen LogP contribution in [0.4, 0.5) is 0 Å². The highest BCUT2D eigenvalue weighted by Gasteiger charge is 2.30. The second kappa shape index (κ2) is 5.69. The molecular weight excluding hydrogens is 178 g/mol. The van der Waals surface area contributed by atoms with E-state index in [0.717, 1.165) is 6.54 Å². The molecule has 1 saturated carbocycles. The van der Waals surface area contributed by atoms with Gasteiger partial charge in [0, 0.05) is 12.6 Å². The predicted octanol–water partition coefficient (Wildman–Crippen LogP) is 1.16. The van der Waals surface area contributed by atoms with Crippen molar-refractivity contribution >= 4 is 0 Å². The Labute approximate surface area is 86.8 Å². The van der Waals surface area contributed by atoms with Gasteiger partial charge in [-0.3, -0.25) is 0 Å². The monoisotopic (exact) mass is 201 g/mol. The van der Waals surface area contributed by atoms with Crippen LogP contribution in [0.3, 0.4) is 0 Å². The normalized spacial score (nSPS) is 25.5. The van der Waals surface area contributed by atoms with E-state index in [2.05, 4.69) is 19.2 Å². The molecule has 0 aromatic rings. The fourth-order valence-electron chi connectivity index (χ4n) is 2.11. The zero-order valence-electron chi connectivity index (χ0n) is 9.38. The summed E-state index contributed by atoms with van der Waals surface area (Å²) in [7, 11) is 0. The summed E-state index contributed by atoms with van der Waals surface area (Å²) in [6.07, 6.45) is 3.88. The van der Waals surface area contributed by atoms with Gasteiger partial charge < -0.3 is 15.2 Å². The van der Waals surface area contributed by atoms with Gasteiger partial charge in [-0.15, -0.1) is 0 Å². The molecule has 0 aliphatic heterocycles. The average molecular weight is 201 g/mol. The van der Waals surface area contributed by atoms with Crippen LogP contribution in [-0.2, 0) is 4.74 Å². The van der Waals surface area contributed by atoms with Gasteiger partial charge in [0.05, 0.1) is 19.8 Å². The van der Waals surface area contributed by atoms with Crippen molar-refractivity contribution in [3.63, 3.8) is 0 Å². The van der Waals surface area contributed by atoms with E-state index in [1.54, 1.807) is 0 Å². The average Bonchev–Trinajstić information content (AvgIpc) is 2.45. The van der Waals surface area contributed by atoms with Gasteiger partial charge in [-0.1, -0.05) is 13.8 Å². The van der Waals surface area contributed by atoms with Gasteiger partial charge in [-0.05, 0) is 24.7 Å². The lowest BCUT2D eigenvalue weighted by atomic mass is 9.92. The smallest absolute Gasteiger partial charge is 0.0698 e. The summed E-state index contributed by atoms with van der Waals surface area (Å²) in [5, 5.41) is 12.0. The third kappa shape index (κ3) is 4.40. The fraction of sp³-hybridized carbons (Fsp3) is 1.00. The van der Waals surface area contributed by atoms with E-state index in [1.165, 1.54) is 19.3 Å². The molecule has 0 heterocycles. The summed E-state index contributed by atoms with van der Waals surface area (Å²) in [5.41, 5.74) is 0.517. The number of aliphatic hydroxyl groups is 1. The number of rotatable bonds is 6. The molecule has 0 radical (unpaired) electrons. The minimum Gasteiger partial charge on any atom is -0.394 e. The summed E-state index contributed by atoms with van der Waals surface area (Å²) in [6.45, 7) is 6.85. The summed E-state index contributed by atoms with van der Waals surface area (Å²) in [6, 6.07) is 0.669. The van der Waals surface area contributed by atoms with E-state index in [1.807, 2.05) is 0 Å². The Morgan fingerprint density at radius 2 is 2.21 bits per heavy atom. The van der Waals surface area contributed by atoms with Crippen molar-refractivity contribution < 1.29 is 9.84 Å². The molecule has 1 rings (SSSR count). The molecule has 0 aromatic carbocycles. The summed E-state index contributed by atoms with van der Waals surface area (Å²) in [5.74, 6) is 0. The summed E-state index contributed by atoms with van der Waals surface area (Å²) in [4.78, 5) is 0. The topological polar surface area (TPSA) is 41.5 Å². The van der Waals surface area contributed by atoms with Gasteiger partial charge >= 0.3 is 0 Å². The molecular formula is C11H23NO2. The Hall–Kier alpha value is -0.120. The van der Waals surface area contributed by atoms with Crippen molar-refractivity contribution in [2.45, 2.75) is 39.2 Å². The number of ether oxygens (including phenoxy) is 1. The molecule has 14 heavy (non-hydrogen) atoms. The molecule has 3 heteroatoms. The zero-order valence-corrected chi connectivity index (χ0v) is 9.38. The molecule has 3 nitrogen and oxygen atoms in total. The molecule has 0 spiro atoms. The molecule has 0 amide bonds. The molecule has 1 fully saturated rings.